The third-order valence-corrected chi connectivity index (χ3v) is 4.31. The third-order valence-electron chi connectivity index (χ3n) is 4.31. The minimum absolute atomic E-state index is 0. The van der Waals surface area contributed by atoms with Crippen LogP contribution in [0.1, 0.15) is 44.6 Å². The molecular weight excluding hydrogens is 373 g/mol. The van der Waals surface area contributed by atoms with E-state index in [2.05, 4.69) is 52.9 Å². The van der Waals surface area contributed by atoms with Crippen LogP contribution >= 0.6 is 24.0 Å². The van der Waals surface area contributed by atoms with Crippen molar-refractivity contribution >= 4 is 29.9 Å². The number of guanidine groups is 1. The van der Waals surface area contributed by atoms with E-state index in [0.717, 1.165) is 25.5 Å². The largest absolute Gasteiger partial charge is 0.356 e. The van der Waals surface area contributed by atoms with Crippen LogP contribution in [-0.2, 0) is 5.41 Å². The number of nitrogens with zero attached hydrogens (tertiary/aromatic N) is 1. The zero-order valence-electron chi connectivity index (χ0n) is 13.2. The maximum atomic E-state index is 4.31. The van der Waals surface area contributed by atoms with Gasteiger partial charge in [0, 0.05) is 25.6 Å². The minimum atomic E-state index is 0. The van der Waals surface area contributed by atoms with Crippen LogP contribution in [-0.4, -0.2) is 26.1 Å². The number of hydrogen-bond donors (Lipinski definition) is 2. The Bertz CT molecular complexity index is 425. The highest BCUT2D eigenvalue weighted by Crippen LogP contribution is 2.40. The Balaban J connectivity index is 0.00000220. The van der Waals surface area contributed by atoms with Crippen molar-refractivity contribution in [3.8, 4) is 0 Å². The second-order valence-electron chi connectivity index (χ2n) is 5.71. The molecular formula is C17H28IN3. The molecule has 0 aromatic heterocycles. The van der Waals surface area contributed by atoms with E-state index in [1.165, 1.54) is 31.2 Å². The normalized spacial score (nSPS) is 17.1. The fourth-order valence-corrected chi connectivity index (χ4v) is 3.13. The van der Waals surface area contributed by atoms with Crippen LogP contribution in [0.3, 0.4) is 0 Å². The summed E-state index contributed by atoms with van der Waals surface area (Å²) in [4.78, 5) is 4.31. The fraction of sp³-hybridized carbons (Fsp3) is 0.588. The average molecular weight is 401 g/mol. The summed E-state index contributed by atoms with van der Waals surface area (Å²) in [6, 6.07) is 10.9. The molecule has 0 atom stereocenters. The molecule has 0 radical (unpaired) electrons. The van der Waals surface area contributed by atoms with Crippen LogP contribution in [0.2, 0.25) is 0 Å². The molecule has 2 rings (SSSR count). The molecule has 0 amide bonds. The van der Waals surface area contributed by atoms with E-state index in [1.54, 1.807) is 0 Å². The molecule has 21 heavy (non-hydrogen) atoms. The molecule has 1 fully saturated rings. The van der Waals surface area contributed by atoms with Crippen LogP contribution in [0.4, 0.5) is 0 Å². The summed E-state index contributed by atoms with van der Waals surface area (Å²) in [6.45, 7) is 4.11. The Morgan fingerprint density at radius 2 is 1.81 bits per heavy atom. The van der Waals surface area contributed by atoms with E-state index in [4.69, 9.17) is 0 Å². The molecule has 0 aliphatic heterocycles. The molecule has 2 N–H and O–H groups in total. The van der Waals surface area contributed by atoms with Crippen LogP contribution in [0.25, 0.3) is 0 Å². The monoisotopic (exact) mass is 401 g/mol. The first-order valence-electron chi connectivity index (χ1n) is 7.81. The summed E-state index contributed by atoms with van der Waals surface area (Å²) in [6.07, 6.45) is 6.32. The van der Waals surface area contributed by atoms with Crippen molar-refractivity contribution in [3.63, 3.8) is 0 Å². The molecule has 0 saturated heterocycles. The van der Waals surface area contributed by atoms with Crippen molar-refractivity contribution in [2.75, 3.05) is 20.1 Å². The molecule has 1 aliphatic rings. The molecule has 4 heteroatoms. The molecule has 0 heterocycles. The van der Waals surface area contributed by atoms with E-state index in [-0.39, 0.29) is 29.4 Å². The van der Waals surface area contributed by atoms with Crippen molar-refractivity contribution in [2.24, 2.45) is 4.99 Å². The van der Waals surface area contributed by atoms with Gasteiger partial charge in [-0.1, -0.05) is 50.1 Å². The van der Waals surface area contributed by atoms with Gasteiger partial charge in [0.15, 0.2) is 5.96 Å². The van der Waals surface area contributed by atoms with Gasteiger partial charge in [-0.3, -0.25) is 4.99 Å². The van der Waals surface area contributed by atoms with Gasteiger partial charge in [-0.05, 0) is 24.8 Å². The van der Waals surface area contributed by atoms with Gasteiger partial charge in [0.25, 0.3) is 0 Å². The van der Waals surface area contributed by atoms with Gasteiger partial charge in [-0.15, -0.1) is 24.0 Å². The van der Waals surface area contributed by atoms with Crippen LogP contribution in [0.5, 0.6) is 0 Å². The zero-order chi connectivity index (χ0) is 14.3. The number of halogens is 1. The highest BCUT2D eigenvalue weighted by atomic mass is 127. The van der Waals surface area contributed by atoms with Gasteiger partial charge in [-0.2, -0.15) is 0 Å². The summed E-state index contributed by atoms with van der Waals surface area (Å²) in [5, 5.41) is 6.87. The van der Waals surface area contributed by atoms with E-state index >= 15 is 0 Å². The third kappa shape index (κ3) is 4.87. The van der Waals surface area contributed by atoms with Crippen molar-refractivity contribution < 1.29 is 0 Å². The van der Waals surface area contributed by atoms with Gasteiger partial charge in [-0.25, -0.2) is 0 Å². The Hall–Kier alpha value is -0.780. The summed E-state index contributed by atoms with van der Waals surface area (Å²) < 4.78 is 0. The fourth-order valence-electron chi connectivity index (χ4n) is 3.13. The van der Waals surface area contributed by atoms with Gasteiger partial charge >= 0.3 is 0 Å². The van der Waals surface area contributed by atoms with E-state index in [1.807, 2.05) is 7.05 Å². The molecule has 0 spiro atoms. The molecule has 3 nitrogen and oxygen atoms in total. The number of nitrogens with one attached hydrogen (secondary N) is 2. The lowest BCUT2D eigenvalue weighted by atomic mass is 9.79. The Morgan fingerprint density at radius 3 is 2.38 bits per heavy atom. The Labute approximate surface area is 146 Å². The lowest BCUT2D eigenvalue weighted by Gasteiger charge is -2.30. The summed E-state index contributed by atoms with van der Waals surface area (Å²) >= 11 is 0. The maximum Gasteiger partial charge on any atom is 0.191 e. The molecule has 1 saturated carbocycles. The zero-order valence-corrected chi connectivity index (χ0v) is 15.5. The van der Waals surface area contributed by atoms with Gasteiger partial charge in [0.1, 0.15) is 0 Å². The van der Waals surface area contributed by atoms with Gasteiger partial charge < -0.3 is 10.6 Å². The highest BCUT2D eigenvalue weighted by molar-refractivity contribution is 14.0. The average Bonchev–Trinajstić information content (AvgIpc) is 2.98. The minimum Gasteiger partial charge on any atom is -0.356 e. The van der Waals surface area contributed by atoms with E-state index in [0.29, 0.717) is 0 Å². The second-order valence-corrected chi connectivity index (χ2v) is 5.71. The quantitative estimate of drug-likeness (QED) is 0.449. The predicted octanol–water partition coefficient (Wildman–Crippen LogP) is 3.69. The number of hydrogen-bond acceptors (Lipinski definition) is 1. The second kappa shape index (κ2) is 9.28. The topological polar surface area (TPSA) is 36.4 Å². The molecule has 0 bridgehead atoms. The van der Waals surface area contributed by atoms with Crippen molar-refractivity contribution in [1.29, 1.82) is 0 Å². The van der Waals surface area contributed by atoms with E-state index in [9.17, 15) is 0 Å². The van der Waals surface area contributed by atoms with Gasteiger partial charge in [0.2, 0.25) is 0 Å². The number of benzene rings is 1. The lowest BCUT2D eigenvalue weighted by molar-refractivity contribution is 0.432. The molecule has 1 aromatic rings. The van der Waals surface area contributed by atoms with Crippen molar-refractivity contribution in [1.82, 2.24) is 10.6 Å². The van der Waals surface area contributed by atoms with Crippen molar-refractivity contribution in [2.45, 2.75) is 44.4 Å². The number of rotatable bonds is 5. The van der Waals surface area contributed by atoms with Crippen molar-refractivity contribution in [3.05, 3.63) is 35.9 Å². The summed E-state index contributed by atoms with van der Waals surface area (Å²) in [7, 11) is 1.84. The molecule has 1 aromatic carbocycles. The first-order valence-corrected chi connectivity index (χ1v) is 7.81. The Kier molecular flexibility index (Phi) is 8.07. The van der Waals surface area contributed by atoms with Crippen LogP contribution in [0.15, 0.2) is 35.3 Å². The summed E-state index contributed by atoms with van der Waals surface area (Å²) in [5.74, 6) is 0.925. The standard InChI is InChI=1S/C17H27N3.HI/c1-3-13-19-16(18-2)20-14-17(11-7-8-12-17)15-9-5-4-6-10-15;/h4-6,9-10H,3,7-8,11-14H2,1-2H3,(H2,18,19,20);1H. The van der Waals surface area contributed by atoms with E-state index < -0.39 is 0 Å². The first-order chi connectivity index (χ1) is 9.80. The van der Waals surface area contributed by atoms with Gasteiger partial charge in [0.05, 0.1) is 0 Å². The summed E-state index contributed by atoms with van der Waals surface area (Å²) in [5.41, 5.74) is 1.75. The van der Waals surface area contributed by atoms with Crippen LogP contribution in [0, 0.1) is 0 Å². The lowest BCUT2D eigenvalue weighted by Crippen LogP contribution is -2.44. The molecule has 0 unspecified atom stereocenters. The predicted molar refractivity (Wildman–Crippen MR) is 102 cm³/mol. The van der Waals surface area contributed by atoms with Crippen LogP contribution < -0.4 is 10.6 Å². The SMILES string of the molecule is CCCNC(=NC)NCC1(c2ccccc2)CCCC1.I. The number of aliphatic imine (C=N–C) groups is 1. The molecule has 1 aliphatic carbocycles. The maximum absolute atomic E-state index is 4.31. The molecule has 118 valence electrons. The first kappa shape index (κ1) is 18.3. The highest BCUT2D eigenvalue weighted by Gasteiger charge is 2.35. The Morgan fingerprint density at radius 1 is 1.14 bits per heavy atom. The smallest absolute Gasteiger partial charge is 0.191 e.